The third-order valence-corrected chi connectivity index (χ3v) is 12.3. The molecule has 6 rings (SSSR count). The first-order chi connectivity index (χ1) is 32.4. The number of esters is 2. The maximum atomic E-state index is 13.3. The average Bonchev–Trinajstić information content (AvgIpc) is 3.37. The van der Waals surface area contributed by atoms with Crippen molar-refractivity contribution in [2.24, 2.45) is 0 Å². The Hall–Kier alpha value is -5.14. The van der Waals surface area contributed by atoms with Gasteiger partial charge < -0.3 is 38.6 Å². The van der Waals surface area contributed by atoms with Crippen molar-refractivity contribution >= 4 is 11.9 Å². The van der Waals surface area contributed by atoms with Crippen LogP contribution in [0.3, 0.4) is 0 Å². The lowest BCUT2D eigenvalue weighted by Crippen LogP contribution is -2.49. The topological polar surface area (TPSA) is 136 Å². The van der Waals surface area contributed by atoms with E-state index in [1.165, 1.54) is 0 Å². The Balaban J connectivity index is 0.869. The van der Waals surface area contributed by atoms with E-state index in [1.54, 1.807) is 0 Å². The summed E-state index contributed by atoms with van der Waals surface area (Å²) in [5, 5.41) is 21.9. The molecule has 358 valence electrons. The number of unbranched alkanes of at least 4 members (excludes halogenated alkanes) is 6. The molecule has 4 aromatic rings. The highest BCUT2D eigenvalue weighted by Crippen LogP contribution is 2.24. The van der Waals surface area contributed by atoms with Gasteiger partial charge in [0.2, 0.25) is 0 Å². The predicted molar refractivity (Wildman–Crippen MR) is 254 cm³/mol. The van der Waals surface area contributed by atoms with E-state index in [9.17, 15) is 19.8 Å². The van der Waals surface area contributed by atoms with Gasteiger partial charge in [-0.15, -0.1) is 0 Å². The van der Waals surface area contributed by atoms with E-state index in [1.807, 2.05) is 109 Å². The number of piperidine rings is 2. The van der Waals surface area contributed by atoms with E-state index in [4.69, 9.17) is 28.4 Å². The van der Waals surface area contributed by atoms with Crippen molar-refractivity contribution in [3.63, 3.8) is 0 Å². The molecule has 0 radical (unpaired) electrons. The zero-order valence-electron chi connectivity index (χ0n) is 38.7. The van der Waals surface area contributed by atoms with Crippen LogP contribution in [0.15, 0.2) is 109 Å². The Morgan fingerprint density at radius 3 is 1.12 bits per heavy atom. The molecule has 0 amide bonds. The van der Waals surface area contributed by atoms with Gasteiger partial charge in [0.05, 0.1) is 13.2 Å². The van der Waals surface area contributed by atoms with Crippen LogP contribution in [0.4, 0.5) is 0 Å². The summed E-state index contributed by atoms with van der Waals surface area (Å²) in [4.78, 5) is 30.9. The van der Waals surface area contributed by atoms with Crippen molar-refractivity contribution in [3.8, 4) is 23.0 Å². The molecule has 2 aliphatic heterocycles. The van der Waals surface area contributed by atoms with Gasteiger partial charge in [-0.1, -0.05) is 99.2 Å². The van der Waals surface area contributed by atoms with Gasteiger partial charge in [-0.2, -0.15) is 0 Å². The van der Waals surface area contributed by atoms with Crippen molar-refractivity contribution in [2.75, 3.05) is 39.4 Å². The number of nitrogens with zero attached hydrogens (tertiary/aromatic N) is 2. The number of carbonyl (C=O) groups excluding carboxylic acids is 2. The second-order valence-electron chi connectivity index (χ2n) is 17.5. The van der Waals surface area contributed by atoms with Crippen LogP contribution in [0.25, 0.3) is 0 Å². The third-order valence-electron chi connectivity index (χ3n) is 12.3. The smallest absolute Gasteiger partial charge is 0.339 e. The average molecular weight is 909 g/mol. The van der Waals surface area contributed by atoms with Crippen molar-refractivity contribution in [2.45, 2.75) is 141 Å². The summed E-state index contributed by atoms with van der Waals surface area (Å²) in [6, 6.07) is 35.5. The highest BCUT2D eigenvalue weighted by atomic mass is 16.6. The zero-order valence-corrected chi connectivity index (χ0v) is 38.7. The molecule has 4 aromatic carbocycles. The summed E-state index contributed by atoms with van der Waals surface area (Å²) in [6.07, 6.45) is 9.30. The fraction of sp³-hybridized carbons (Fsp3) is 0.519. The Bertz CT molecular complexity index is 1780. The van der Waals surface area contributed by atoms with Crippen LogP contribution < -0.4 is 18.9 Å². The van der Waals surface area contributed by atoms with Gasteiger partial charge in [0.15, 0.2) is 24.7 Å². The highest BCUT2D eigenvalue weighted by molar-refractivity contribution is 5.85. The maximum Gasteiger partial charge on any atom is 0.339 e. The molecule has 2 saturated heterocycles. The summed E-state index contributed by atoms with van der Waals surface area (Å²) in [6.45, 7) is 5.35. The van der Waals surface area contributed by atoms with E-state index in [0.29, 0.717) is 39.3 Å². The number of rotatable bonds is 29. The van der Waals surface area contributed by atoms with E-state index in [2.05, 4.69) is 9.80 Å². The number of ether oxygens (including phenoxy) is 6. The fourth-order valence-corrected chi connectivity index (χ4v) is 8.39. The Labute approximate surface area is 392 Å². The van der Waals surface area contributed by atoms with Crippen molar-refractivity contribution in [3.05, 3.63) is 120 Å². The monoisotopic (exact) mass is 909 g/mol. The SMILES string of the molecule is O=C(OC(CCCCCCOc1ccc(OCc2ccccc2)cc1)N1CCCCC1)C(O)C(O)C(=O)OC(CCCCCCOc1ccc(OCc2ccccc2)cc1)N1CCCCC1. The van der Waals surface area contributed by atoms with Gasteiger partial charge in [-0.3, -0.25) is 9.80 Å². The molecule has 0 saturated carbocycles. The number of likely N-dealkylation sites (tertiary alicyclic amines) is 2. The van der Waals surface area contributed by atoms with E-state index in [0.717, 1.165) is 150 Å². The second kappa shape index (κ2) is 28.8. The fourth-order valence-electron chi connectivity index (χ4n) is 8.39. The first kappa shape index (κ1) is 50.3. The quantitative estimate of drug-likeness (QED) is 0.0397. The number of aliphatic hydroxyl groups excluding tert-OH is 2. The largest absolute Gasteiger partial charge is 0.494 e. The predicted octanol–water partition coefficient (Wildman–Crippen LogP) is 9.64. The molecule has 66 heavy (non-hydrogen) atoms. The molecule has 2 heterocycles. The standard InChI is InChI=1S/C54H72N2O10/c57-51(53(59)65-49(55-35-15-7-16-36-55)25-13-1-3-19-39-61-45-27-31-47(32-28-45)63-41-43-21-9-5-10-22-43)52(58)54(60)66-50(56-37-17-8-18-38-56)26-14-2-4-20-40-62-46-29-33-48(34-30-46)64-42-44-23-11-6-12-24-44/h5-6,9-12,21-24,27-34,49-52,57-58H,1-4,7-8,13-20,25-26,35-42H2. The molecule has 0 aromatic heterocycles. The van der Waals surface area contributed by atoms with Crippen LogP contribution >= 0.6 is 0 Å². The first-order valence-corrected chi connectivity index (χ1v) is 24.5. The molecule has 2 aliphatic rings. The molecular weight excluding hydrogens is 837 g/mol. The lowest BCUT2D eigenvalue weighted by atomic mass is 10.1. The number of hydrogen-bond donors (Lipinski definition) is 2. The zero-order chi connectivity index (χ0) is 46.0. The summed E-state index contributed by atoms with van der Waals surface area (Å²) in [7, 11) is 0. The van der Waals surface area contributed by atoms with Gasteiger partial charge in [0, 0.05) is 26.2 Å². The van der Waals surface area contributed by atoms with E-state index < -0.39 is 36.6 Å². The minimum atomic E-state index is -2.05. The summed E-state index contributed by atoms with van der Waals surface area (Å²) < 4.78 is 35.4. The van der Waals surface area contributed by atoms with Crippen molar-refractivity contribution in [1.29, 1.82) is 0 Å². The molecule has 0 aliphatic carbocycles. The van der Waals surface area contributed by atoms with Crippen LogP contribution in [-0.4, -0.2) is 96.0 Å². The van der Waals surface area contributed by atoms with Gasteiger partial charge in [-0.25, -0.2) is 9.59 Å². The van der Waals surface area contributed by atoms with Gasteiger partial charge in [-0.05, 0) is 124 Å². The number of aliphatic hydroxyl groups is 2. The Morgan fingerprint density at radius 1 is 0.424 bits per heavy atom. The minimum Gasteiger partial charge on any atom is -0.494 e. The number of carbonyl (C=O) groups is 2. The molecule has 2 N–H and O–H groups in total. The van der Waals surface area contributed by atoms with Crippen molar-refractivity contribution in [1.82, 2.24) is 9.80 Å². The molecule has 4 atom stereocenters. The molecule has 0 spiro atoms. The van der Waals surface area contributed by atoms with Gasteiger partial charge >= 0.3 is 11.9 Å². The molecule has 4 unspecified atom stereocenters. The summed E-state index contributed by atoms with van der Waals surface area (Å²) in [5.41, 5.74) is 2.23. The maximum absolute atomic E-state index is 13.3. The number of hydrogen-bond acceptors (Lipinski definition) is 12. The Kier molecular flexibility index (Phi) is 21.9. The van der Waals surface area contributed by atoms with Crippen LogP contribution in [0.1, 0.15) is 114 Å². The van der Waals surface area contributed by atoms with E-state index in [-0.39, 0.29) is 0 Å². The molecule has 0 bridgehead atoms. The van der Waals surface area contributed by atoms with Crippen LogP contribution in [0, 0.1) is 0 Å². The molecule has 12 heteroatoms. The molecular formula is C54H72N2O10. The van der Waals surface area contributed by atoms with Crippen molar-refractivity contribution < 1.29 is 48.2 Å². The molecule has 12 nitrogen and oxygen atoms in total. The second-order valence-corrected chi connectivity index (χ2v) is 17.5. The van der Waals surface area contributed by atoms with Crippen LogP contribution in [0.2, 0.25) is 0 Å². The van der Waals surface area contributed by atoms with Gasteiger partial charge in [0.25, 0.3) is 0 Å². The highest BCUT2D eigenvalue weighted by Gasteiger charge is 2.37. The third kappa shape index (κ3) is 17.9. The van der Waals surface area contributed by atoms with Crippen LogP contribution in [-0.2, 0) is 32.3 Å². The summed E-state index contributed by atoms with van der Waals surface area (Å²) in [5.74, 6) is 1.15. The Morgan fingerprint density at radius 2 is 0.758 bits per heavy atom. The normalized spacial score (nSPS) is 16.3. The van der Waals surface area contributed by atoms with Crippen LogP contribution in [0.5, 0.6) is 23.0 Å². The lowest BCUT2D eigenvalue weighted by Gasteiger charge is -2.35. The van der Waals surface area contributed by atoms with Gasteiger partial charge in [0.1, 0.15) is 36.2 Å². The number of benzene rings is 4. The minimum absolute atomic E-state index is 0.514. The first-order valence-electron chi connectivity index (χ1n) is 24.5. The lowest BCUT2D eigenvalue weighted by molar-refractivity contribution is -0.190. The molecule has 2 fully saturated rings. The summed E-state index contributed by atoms with van der Waals surface area (Å²) >= 11 is 0. The van der Waals surface area contributed by atoms with E-state index >= 15 is 0 Å².